The van der Waals surface area contributed by atoms with Crippen LogP contribution in [-0.4, -0.2) is 29.7 Å². The highest BCUT2D eigenvalue weighted by Crippen LogP contribution is 2.23. The molecule has 3 rings (SSSR count). The Hall–Kier alpha value is -2.40. The summed E-state index contributed by atoms with van der Waals surface area (Å²) in [6, 6.07) is 7.74. The zero-order valence-corrected chi connectivity index (χ0v) is 20.6. The van der Waals surface area contributed by atoms with Gasteiger partial charge in [-0.2, -0.15) is 15.0 Å². The van der Waals surface area contributed by atoms with E-state index in [0.29, 0.717) is 18.2 Å². The Balaban J connectivity index is 1.66. The molecule has 0 saturated heterocycles. The number of anilines is 2. The number of nitrogens with zero attached hydrogens (tertiary/aromatic N) is 6. The third-order valence-electron chi connectivity index (χ3n) is 4.76. The lowest BCUT2D eigenvalue weighted by atomic mass is 10.1. The third-order valence-corrected chi connectivity index (χ3v) is 6.25. The number of ether oxygens (including phenoxy) is 1. The number of benzene rings is 1. The van der Waals surface area contributed by atoms with Gasteiger partial charge in [0, 0.05) is 11.0 Å². The van der Waals surface area contributed by atoms with E-state index in [-0.39, 0.29) is 11.9 Å². The van der Waals surface area contributed by atoms with Gasteiger partial charge in [-0.15, -0.1) is 10.2 Å². The highest BCUT2D eigenvalue weighted by atomic mass is 79.9. The largest absolute Gasteiger partial charge is 0.486 e. The van der Waals surface area contributed by atoms with Crippen molar-refractivity contribution >= 4 is 39.6 Å². The molecule has 0 bridgehead atoms. The van der Waals surface area contributed by atoms with Crippen molar-refractivity contribution in [3.8, 4) is 5.75 Å². The van der Waals surface area contributed by atoms with Gasteiger partial charge in [0.15, 0.2) is 11.0 Å². The predicted octanol–water partition coefficient (Wildman–Crippen LogP) is 4.62. The van der Waals surface area contributed by atoms with Crippen molar-refractivity contribution in [3.63, 3.8) is 0 Å². The minimum atomic E-state index is 0.116. The van der Waals surface area contributed by atoms with E-state index in [4.69, 9.17) is 16.2 Å². The summed E-state index contributed by atoms with van der Waals surface area (Å²) in [5.41, 5.74) is 11.4. The number of nitrogen functional groups attached to an aromatic ring is 2. The van der Waals surface area contributed by atoms with Crippen LogP contribution >= 0.6 is 27.7 Å². The number of hydrogen-bond donors (Lipinski definition) is 2. The summed E-state index contributed by atoms with van der Waals surface area (Å²) in [6.07, 6.45) is 7.30. The molecule has 0 fully saturated rings. The van der Waals surface area contributed by atoms with Gasteiger partial charge >= 0.3 is 0 Å². The Labute approximate surface area is 200 Å². The van der Waals surface area contributed by atoms with Crippen LogP contribution < -0.4 is 16.2 Å². The minimum absolute atomic E-state index is 0.116. The SMILES string of the molecule is CCCCCCCCn1c(COc2ccc(Br)cc2)nnc1SCc1nc(N)nc(N)n1. The summed E-state index contributed by atoms with van der Waals surface area (Å²) in [4.78, 5) is 12.1. The standard InChI is InChI=1S/C21H29BrN8OS/c1-2-3-4-5-6-7-12-30-18(13-31-16-10-8-15(22)9-11-16)28-29-21(30)32-14-17-25-19(23)27-20(24)26-17/h8-11H,2-7,12-14H2,1H3,(H4,23,24,25,26,27). The molecule has 2 aromatic heterocycles. The average molecular weight is 521 g/mol. The van der Waals surface area contributed by atoms with Crippen molar-refractivity contribution in [3.05, 3.63) is 40.4 Å². The lowest BCUT2D eigenvalue weighted by Gasteiger charge is -2.11. The van der Waals surface area contributed by atoms with E-state index in [9.17, 15) is 0 Å². The number of hydrogen-bond acceptors (Lipinski definition) is 9. The molecule has 0 unspecified atom stereocenters. The zero-order chi connectivity index (χ0) is 22.8. The van der Waals surface area contributed by atoms with Crippen LogP contribution in [-0.2, 0) is 18.9 Å². The van der Waals surface area contributed by atoms with Crippen LogP contribution in [0.15, 0.2) is 33.9 Å². The summed E-state index contributed by atoms with van der Waals surface area (Å²) >= 11 is 4.94. The molecule has 0 spiro atoms. The summed E-state index contributed by atoms with van der Waals surface area (Å²) in [6.45, 7) is 3.41. The summed E-state index contributed by atoms with van der Waals surface area (Å²) in [7, 11) is 0. The molecule has 0 aliphatic carbocycles. The van der Waals surface area contributed by atoms with E-state index < -0.39 is 0 Å². The monoisotopic (exact) mass is 520 g/mol. The summed E-state index contributed by atoms with van der Waals surface area (Å²) in [5.74, 6) is 2.79. The van der Waals surface area contributed by atoms with Gasteiger partial charge in [-0.05, 0) is 30.7 Å². The molecule has 3 aromatic rings. The second-order valence-electron chi connectivity index (χ2n) is 7.32. The number of rotatable bonds is 13. The van der Waals surface area contributed by atoms with E-state index in [1.165, 1.54) is 43.9 Å². The molecule has 0 radical (unpaired) electrons. The van der Waals surface area contributed by atoms with Crippen molar-refractivity contribution in [2.24, 2.45) is 0 Å². The molecule has 9 nitrogen and oxygen atoms in total. The normalized spacial score (nSPS) is 11.1. The number of aromatic nitrogens is 6. The first kappa shape index (κ1) is 24.2. The Bertz CT molecular complexity index is 962. The van der Waals surface area contributed by atoms with E-state index in [1.807, 2.05) is 24.3 Å². The van der Waals surface area contributed by atoms with E-state index in [1.54, 1.807) is 0 Å². The number of halogens is 1. The Morgan fingerprint density at radius 3 is 2.34 bits per heavy atom. The molecular weight excluding hydrogens is 492 g/mol. The lowest BCUT2D eigenvalue weighted by molar-refractivity contribution is 0.286. The molecule has 0 aliphatic rings. The highest BCUT2D eigenvalue weighted by molar-refractivity contribution is 9.10. The van der Waals surface area contributed by atoms with Gasteiger partial charge in [-0.25, -0.2) is 0 Å². The fourth-order valence-corrected chi connectivity index (χ4v) is 4.24. The molecule has 172 valence electrons. The molecular formula is C21H29BrN8OS. The van der Waals surface area contributed by atoms with Crippen LogP contribution in [0.2, 0.25) is 0 Å². The van der Waals surface area contributed by atoms with Crippen molar-refractivity contribution in [2.75, 3.05) is 11.5 Å². The molecule has 0 aliphatic heterocycles. The fraction of sp³-hybridized carbons (Fsp3) is 0.476. The maximum Gasteiger partial charge on any atom is 0.225 e. The van der Waals surface area contributed by atoms with E-state index >= 15 is 0 Å². The third kappa shape index (κ3) is 7.63. The van der Waals surface area contributed by atoms with Gasteiger partial charge in [0.2, 0.25) is 11.9 Å². The van der Waals surface area contributed by atoms with Gasteiger partial charge in [0.05, 0.1) is 5.75 Å². The second-order valence-corrected chi connectivity index (χ2v) is 9.18. The predicted molar refractivity (Wildman–Crippen MR) is 130 cm³/mol. The van der Waals surface area contributed by atoms with Gasteiger partial charge in [0.1, 0.15) is 18.2 Å². The Morgan fingerprint density at radius 2 is 1.62 bits per heavy atom. The Kier molecular flexibility index (Phi) is 9.54. The average Bonchev–Trinajstić information content (AvgIpc) is 3.15. The number of unbranched alkanes of at least 4 members (excludes halogenated alkanes) is 5. The van der Waals surface area contributed by atoms with Crippen LogP contribution in [0.4, 0.5) is 11.9 Å². The minimum Gasteiger partial charge on any atom is -0.486 e. The van der Waals surface area contributed by atoms with E-state index in [0.717, 1.165) is 34.2 Å². The first-order valence-corrected chi connectivity index (χ1v) is 12.5. The Morgan fingerprint density at radius 1 is 0.938 bits per heavy atom. The lowest BCUT2D eigenvalue weighted by Crippen LogP contribution is -2.09. The quantitative estimate of drug-likeness (QED) is 0.244. The summed E-state index contributed by atoms with van der Waals surface area (Å²) in [5, 5.41) is 9.56. The fourth-order valence-electron chi connectivity index (χ4n) is 3.14. The molecule has 0 atom stereocenters. The zero-order valence-electron chi connectivity index (χ0n) is 18.2. The summed E-state index contributed by atoms with van der Waals surface area (Å²) < 4.78 is 9.07. The molecule has 32 heavy (non-hydrogen) atoms. The van der Waals surface area contributed by atoms with Crippen LogP contribution in [0.5, 0.6) is 5.75 Å². The van der Waals surface area contributed by atoms with Gasteiger partial charge < -0.3 is 20.8 Å². The maximum atomic E-state index is 5.94. The molecule has 11 heteroatoms. The number of nitrogens with two attached hydrogens (primary N) is 2. The second kappa shape index (κ2) is 12.6. The van der Waals surface area contributed by atoms with Crippen molar-refractivity contribution in [2.45, 2.75) is 69.5 Å². The maximum absolute atomic E-state index is 5.94. The van der Waals surface area contributed by atoms with E-state index in [2.05, 4.69) is 52.6 Å². The smallest absolute Gasteiger partial charge is 0.225 e. The van der Waals surface area contributed by atoms with Crippen molar-refractivity contribution in [1.82, 2.24) is 29.7 Å². The molecule has 2 heterocycles. The molecule has 0 saturated carbocycles. The molecule has 4 N–H and O–H groups in total. The molecule has 0 amide bonds. The van der Waals surface area contributed by atoms with Crippen LogP contribution in [0, 0.1) is 0 Å². The first-order valence-electron chi connectivity index (χ1n) is 10.7. The number of thioether (sulfide) groups is 1. The molecule has 1 aromatic carbocycles. The van der Waals surface area contributed by atoms with Crippen molar-refractivity contribution < 1.29 is 4.74 Å². The van der Waals surface area contributed by atoms with Crippen LogP contribution in [0.1, 0.15) is 57.1 Å². The first-order chi connectivity index (χ1) is 15.5. The van der Waals surface area contributed by atoms with Gasteiger partial charge in [-0.1, -0.05) is 66.7 Å². The van der Waals surface area contributed by atoms with Crippen LogP contribution in [0.3, 0.4) is 0 Å². The van der Waals surface area contributed by atoms with Crippen molar-refractivity contribution in [1.29, 1.82) is 0 Å². The van der Waals surface area contributed by atoms with Gasteiger partial charge in [0.25, 0.3) is 0 Å². The van der Waals surface area contributed by atoms with Gasteiger partial charge in [-0.3, -0.25) is 0 Å². The van der Waals surface area contributed by atoms with Crippen LogP contribution in [0.25, 0.3) is 0 Å². The topological polar surface area (TPSA) is 131 Å². The highest BCUT2D eigenvalue weighted by Gasteiger charge is 2.15.